The molecule has 4 aromatic heterocycles. The van der Waals surface area contributed by atoms with E-state index in [0.717, 1.165) is 97.8 Å². The highest BCUT2D eigenvalue weighted by molar-refractivity contribution is 9.10. The molecule has 0 spiro atoms. The van der Waals surface area contributed by atoms with E-state index in [2.05, 4.69) is 94.8 Å². The lowest BCUT2D eigenvalue weighted by molar-refractivity contribution is 0.426. The van der Waals surface area contributed by atoms with Gasteiger partial charge in [0.05, 0.1) is 0 Å². The largest absolute Gasteiger partial charge is 0.488 e. The Bertz CT molecular complexity index is 3470. The lowest BCUT2D eigenvalue weighted by Gasteiger charge is -2.01. The number of hydrogen-bond donors (Lipinski definition) is 2. The zero-order valence-electron chi connectivity index (χ0n) is 29.5. The molecule has 12 aromatic rings. The molecule has 0 bridgehead atoms. The van der Waals surface area contributed by atoms with Gasteiger partial charge in [-0.05, 0) is 101 Å². The van der Waals surface area contributed by atoms with E-state index < -0.39 is 7.12 Å². The molecule has 0 aliphatic rings. The van der Waals surface area contributed by atoms with Crippen LogP contribution in [0.15, 0.2) is 180 Å². The summed E-state index contributed by atoms with van der Waals surface area (Å²) in [6, 6.07) is 52.6. The fourth-order valence-corrected chi connectivity index (χ4v) is 8.22. The van der Waals surface area contributed by atoms with Crippen LogP contribution in [0.25, 0.3) is 110 Å². The SMILES string of the molecule is Brc1ccc2oc3cc4c(cc3c2c1)oc1ccc(-c2ccccc2)cc14.OB(O)c1ccc2oc3cc4c(cc3c2c1)oc1ccc(-c2ccccc2)cc14. The van der Waals surface area contributed by atoms with Crippen LogP contribution < -0.4 is 5.46 Å². The predicted octanol–water partition coefficient (Wildman–Crippen LogP) is 12.7. The molecule has 6 nitrogen and oxygen atoms in total. The van der Waals surface area contributed by atoms with Gasteiger partial charge in [0.25, 0.3) is 0 Å². The summed E-state index contributed by atoms with van der Waals surface area (Å²) >= 11 is 3.55. The number of rotatable bonds is 3. The second kappa shape index (κ2) is 12.7. The van der Waals surface area contributed by atoms with Crippen molar-refractivity contribution in [3.8, 4) is 22.3 Å². The third kappa shape index (κ3) is 5.41. The quantitative estimate of drug-likeness (QED) is 0.173. The summed E-state index contributed by atoms with van der Waals surface area (Å²) in [6.45, 7) is 0. The van der Waals surface area contributed by atoms with Crippen LogP contribution in [0, 0.1) is 0 Å². The van der Waals surface area contributed by atoms with Crippen LogP contribution in [0.1, 0.15) is 0 Å². The van der Waals surface area contributed by atoms with Crippen LogP contribution in [0.4, 0.5) is 0 Å². The van der Waals surface area contributed by atoms with Gasteiger partial charge in [-0.25, -0.2) is 0 Å². The van der Waals surface area contributed by atoms with Crippen LogP contribution in [0.5, 0.6) is 0 Å². The highest BCUT2D eigenvalue weighted by atomic mass is 79.9. The van der Waals surface area contributed by atoms with Crippen LogP contribution in [-0.4, -0.2) is 17.2 Å². The monoisotopic (exact) mass is 790 g/mol. The maximum Gasteiger partial charge on any atom is 0.488 e. The molecular weight excluding hydrogens is 763 g/mol. The molecule has 56 heavy (non-hydrogen) atoms. The van der Waals surface area contributed by atoms with Crippen molar-refractivity contribution in [1.82, 2.24) is 0 Å². The molecule has 0 amide bonds. The van der Waals surface area contributed by atoms with E-state index in [1.54, 1.807) is 18.2 Å². The number of benzene rings is 8. The second-order valence-corrected chi connectivity index (χ2v) is 14.9. The average molecular weight is 791 g/mol. The Morgan fingerprint density at radius 1 is 0.321 bits per heavy atom. The van der Waals surface area contributed by atoms with Gasteiger partial charge in [0.1, 0.15) is 44.7 Å². The third-order valence-electron chi connectivity index (χ3n) is 10.6. The van der Waals surface area contributed by atoms with Crippen LogP contribution >= 0.6 is 15.9 Å². The molecule has 0 radical (unpaired) electrons. The molecule has 0 saturated heterocycles. The first-order valence-electron chi connectivity index (χ1n) is 18.2. The van der Waals surface area contributed by atoms with Gasteiger partial charge in [-0.3, -0.25) is 0 Å². The number of hydrogen-bond acceptors (Lipinski definition) is 6. The van der Waals surface area contributed by atoms with E-state index in [4.69, 9.17) is 17.7 Å². The molecule has 0 fully saturated rings. The molecule has 0 aliphatic heterocycles. The molecule has 2 N–H and O–H groups in total. The molecule has 0 saturated carbocycles. The van der Waals surface area contributed by atoms with Gasteiger partial charge in [-0.1, -0.05) is 101 Å². The van der Waals surface area contributed by atoms with E-state index in [1.807, 2.05) is 60.7 Å². The van der Waals surface area contributed by atoms with Crippen LogP contribution in [-0.2, 0) is 0 Å². The van der Waals surface area contributed by atoms with E-state index >= 15 is 0 Å². The van der Waals surface area contributed by atoms with Crippen molar-refractivity contribution in [2.24, 2.45) is 0 Å². The van der Waals surface area contributed by atoms with Gasteiger partial charge in [0.15, 0.2) is 0 Å². The smallest absolute Gasteiger partial charge is 0.456 e. The lowest BCUT2D eigenvalue weighted by atomic mass is 9.80. The minimum absolute atomic E-state index is 0.428. The Kier molecular flexibility index (Phi) is 7.47. The molecule has 266 valence electrons. The Hall–Kier alpha value is -6.58. The van der Waals surface area contributed by atoms with Gasteiger partial charge in [-0.15, -0.1) is 0 Å². The molecule has 0 unspecified atom stereocenters. The summed E-state index contributed by atoms with van der Waals surface area (Å²) in [5, 5.41) is 27.1. The fourth-order valence-electron chi connectivity index (χ4n) is 7.86. The number of halogens is 1. The Morgan fingerprint density at radius 2 is 0.679 bits per heavy atom. The lowest BCUT2D eigenvalue weighted by Crippen LogP contribution is -2.29. The van der Waals surface area contributed by atoms with Gasteiger partial charge in [0, 0.05) is 47.6 Å². The van der Waals surface area contributed by atoms with E-state index in [-0.39, 0.29) is 0 Å². The van der Waals surface area contributed by atoms with Crippen molar-refractivity contribution in [2.45, 2.75) is 0 Å². The zero-order chi connectivity index (χ0) is 37.5. The maximum absolute atomic E-state index is 9.49. The standard InChI is InChI=1S/C24H15BO4.C24H13BrO2/c26-25(27)16-7-9-22-18(11-16)20-13-23-19(12-24(20)29-22)17-10-15(6-8-21(17)28-23)14-4-2-1-3-5-14;25-16-7-9-22-18(11-16)20-13-23-19(12-24(20)27-22)17-10-15(6-8-21(17)26-23)14-4-2-1-3-5-14/h1-13,26-27H;1-13H. The van der Waals surface area contributed by atoms with Crippen molar-refractivity contribution in [2.75, 3.05) is 0 Å². The van der Waals surface area contributed by atoms with Crippen LogP contribution in [0.2, 0.25) is 0 Å². The predicted molar refractivity (Wildman–Crippen MR) is 230 cm³/mol. The van der Waals surface area contributed by atoms with Gasteiger partial charge in [0.2, 0.25) is 0 Å². The van der Waals surface area contributed by atoms with Crippen LogP contribution in [0.3, 0.4) is 0 Å². The number of furan rings is 4. The molecule has 0 atom stereocenters. The van der Waals surface area contributed by atoms with Crippen molar-refractivity contribution >= 4 is 116 Å². The summed E-state index contributed by atoms with van der Waals surface area (Å²) < 4.78 is 25.4. The average Bonchev–Trinajstić information content (AvgIpc) is 3.98. The first-order valence-corrected chi connectivity index (χ1v) is 19.0. The minimum Gasteiger partial charge on any atom is -0.456 e. The maximum atomic E-state index is 9.49. The third-order valence-corrected chi connectivity index (χ3v) is 11.1. The highest BCUT2D eigenvalue weighted by Crippen LogP contribution is 2.40. The second-order valence-electron chi connectivity index (χ2n) is 14.0. The van der Waals surface area contributed by atoms with E-state index in [1.165, 1.54) is 11.1 Å². The normalized spacial score (nSPS) is 11.8. The molecule has 12 rings (SSSR count). The zero-order valence-corrected chi connectivity index (χ0v) is 31.1. The van der Waals surface area contributed by atoms with Crippen molar-refractivity contribution in [3.63, 3.8) is 0 Å². The Labute approximate surface area is 327 Å². The summed E-state index contributed by atoms with van der Waals surface area (Å²) in [5.74, 6) is 0. The van der Waals surface area contributed by atoms with Gasteiger partial charge >= 0.3 is 7.12 Å². The first kappa shape index (κ1) is 32.8. The summed E-state index contributed by atoms with van der Waals surface area (Å²) in [7, 11) is -1.52. The molecule has 8 aromatic carbocycles. The summed E-state index contributed by atoms with van der Waals surface area (Å²) in [4.78, 5) is 0. The summed E-state index contributed by atoms with van der Waals surface area (Å²) in [5.41, 5.74) is 11.7. The van der Waals surface area contributed by atoms with E-state index in [9.17, 15) is 10.0 Å². The Morgan fingerprint density at radius 3 is 1.11 bits per heavy atom. The fraction of sp³-hybridized carbons (Fsp3) is 0. The molecule has 4 heterocycles. The first-order chi connectivity index (χ1) is 27.4. The molecular formula is C48H28BBrO6. The molecule has 0 aliphatic carbocycles. The molecule has 8 heteroatoms. The summed E-state index contributed by atoms with van der Waals surface area (Å²) in [6.07, 6.45) is 0. The van der Waals surface area contributed by atoms with Crippen molar-refractivity contribution < 1.29 is 27.7 Å². The Balaban J connectivity index is 0.000000130. The van der Waals surface area contributed by atoms with Crippen molar-refractivity contribution in [1.29, 1.82) is 0 Å². The van der Waals surface area contributed by atoms with Crippen molar-refractivity contribution in [3.05, 3.63) is 162 Å². The topological polar surface area (TPSA) is 93.0 Å². The highest BCUT2D eigenvalue weighted by Gasteiger charge is 2.18. The van der Waals surface area contributed by atoms with E-state index in [0.29, 0.717) is 11.0 Å². The van der Waals surface area contributed by atoms with Gasteiger partial charge in [-0.2, -0.15) is 0 Å². The van der Waals surface area contributed by atoms with Gasteiger partial charge < -0.3 is 27.7 Å². The minimum atomic E-state index is -1.52. The number of fused-ring (bicyclic) bond motifs is 12.